The van der Waals surface area contributed by atoms with Gasteiger partial charge in [-0.25, -0.2) is 4.79 Å². The highest BCUT2D eigenvalue weighted by atomic mass is 16.6. The molecule has 1 fully saturated rings. The number of carboxylic acid groups (broad SMARTS) is 1. The van der Waals surface area contributed by atoms with Crippen LogP contribution in [0, 0.1) is 0 Å². The number of phenolic OH excluding ortho intramolecular Hbond substituents is 1. The second-order valence-corrected chi connectivity index (χ2v) is 6.45. The SMILES string of the molecule is CC(=O)OC[C@@]1(C)CCC[C@](C)(c2ccc(C(=O)O)cc2O)O1. The van der Waals surface area contributed by atoms with Crippen LogP contribution in [0.15, 0.2) is 18.2 Å². The number of carbonyl (C=O) groups is 2. The van der Waals surface area contributed by atoms with Gasteiger partial charge in [0, 0.05) is 12.5 Å². The van der Waals surface area contributed by atoms with Gasteiger partial charge in [-0.15, -0.1) is 0 Å². The Morgan fingerprint density at radius 3 is 2.57 bits per heavy atom. The first kappa shape index (κ1) is 17.3. The lowest BCUT2D eigenvalue weighted by Crippen LogP contribution is -2.46. The first-order valence-electron chi connectivity index (χ1n) is 7.56. The Hall–Kier alpha value is -2.08. The molecule has 1 heterocycles. The summed E-state index contributed by atoms with van der Waals surface area (Å²) in [5, 5.41) is 19.2. The first-order valence-corrected chi connectivity index (χ1v) is 7.56. The molecule has 6 nitrogen and oxygen atoms in total. The van der Waals surface area contributed by atoms with E-state index in [4.69, 9.17) is 14.6 Å². The van der Waals surface area contributed by atoms with Crippen molar-refractivity contribution < 1.29 is 29.3 Å². The van der Waals surface area contributed by atoms with Gasteiger partial charge in [-0.2, -0.15) is 0 Å². The smallest absolute Gasteiger partial charge is 0.335 e. The fourth-order valence-corrected chi connectivity index (χ4v) is 3.10. The molecule has 0 aliphatic carbocycles. The van der Waals surface area contributed by atoms with Gasteiger partial charge in [-0.05, 0) is 45.2 Å². The lowest BCUT2D eigenvalue weighted by atomic mass is 9.82. The summed E-state index contributed by atoms with van der Waals surface area (Å²) in [7, 11) is 0. The van der Waals surface area contributed by atoms with Crippen molar-refractivity contribution in [3.8, 4) is 5.75 Å². The predicted molar refractivity (Wildman–Crippen MR) is 82.4 cm³/mol. The number of aromatic hydroxyl groups is 1. The highest BCUT2D eigenvalue weighted by Crippen LogP contribution is 2.45. The summed E-state index contributed by atoms with van der Waals surface area (Å²) >= 11 is 0. The molecule has 1 aromatic carbocycles. The van der Waals surface area contributed by atoms with Crippen molar-refractivity contribution in [2.24, 2.45) is 0 Å². The molecule has 2 N–H and O–H groups in total. The molecule has 6 heteroatoms. The zero-order chi connectivity index (χ0) is 17.3. The fourth-order valence-electron chi connectivity index (χ4n) is 3.10. The minimum atomic E-state index is -1.10. The normalized spacial score (nSPS) is 27.4. The number of aromatic carboxylic acids is 1. The van der Waals surface area contributed by atoms with Crippen molar-refractivity contribution in [3.63, 3.8) is 0 Å². The van der Waals surface area contributed by atoms with E-state index >= 15 is 0 Å². The van der Waals surface area contributed by atoms with Gasteiger partial charge in [0.1, 0.15) is 18.0 Å². The number of ether oxygens (including phenoxy) is 2. The molecule has 0 radical (unpaired) electrons. The lowest BCUT2D eigenvalue weighted by molar-refractivity contribution is -0.204. The van der Waals surface area contributed by atoms with E-state index in [9.17, 15) is 14.7 Å². The third kappa shape index (κ3) is 3.82. The molecule has 1 aromatic rings. The topological polar surface area (TPSA) is 93.1 Å². The van der Waals surface area contributed by atoms with Crippen molar-refractivity contribution in [2.45, 2.75) is 51.2 Å². The van der Waals surface area contributed by atoms with Gasteiger partial charge in [0.2, 0.25) is 0 Å². The van der Waals surface area contributed by atoms with Crippen LogP contribution in [0.25, 0.3) is 0 Å². The van der Waals surface area contributed by atoms with Crippen molar-refractivity contribution in [3.05, 3.63) is 29.3 Å². The summed E-state index contributed by atoms with van der Waals surface area (Å²) in [5.41, 5.74) is -0.852. The Bertz CT molecular complexity index is 626. The molecule has 0 unspecified atom stereocenters. The van der Waals surface area contributed by atoms with E-state index in [0.29, 0.717) is 12.0 Å². The molecule has 0 aromatic heterocycles. The third-order valence-corrected chi connectivity index (χ3v) is 4.23. The van der Waals surface area contributed by atoms with Gasteiger partial charge < -0.3 is 19.7 Å². The molecule has 1 aliphatic heterocycles. The van der Waals surface area contributed by atoms with Gasteiger partial charge in [0.15, 0.2) is 0 Å². The minimum absolute atomic E-state index is 0.0216. The first-order chi connectivity index (χ1) is 10.7. The van der Waals surface area contributed by atoms with Crippen LogP contribution in [0.5, 0.6) is 5.75 Å². The maximum absolute atomic E-state index is 11.0. The van der Waals surface area contributed by atoms with Crippen molar-refractivity contribution in [1.29, 1.82) is 0 Å². The van der Waals surface area contributed by atoms with Crippen LogP contribution in [-0.2, 0) is 19.9 Å². The standard InChI is InChI=1S/C17H22O6/c1-11(18)22-10-16(2)7-4-8-17(3,23-16)13-6-5-12(15(20)21)9-14(13)19/h5-6,9,19H,4,7-8,10H2,1-3H3,(H,20,21)/t16-,17-/m1/s1. The number of hydrogen-bond donors (Lipinski definition) is 2. The van der Waals surface area contributed by atoms with E-state index in [1.165, 1.54) is 19.1 Å². The van der Waals surface area contributed by atoms with Gasteiger partial charge >= 0.3 is 11.9 Å². The fraction of sp³-hybridized carbons (Fsp3) is 0.529. The van der Waals surface area contributed by atoms with Gasteiger partial charge in [-0.3, -0.25) is 4.79 Å². The third-order valence-electron chi connectivity index (χ3n) is 4.23. The summed E-state index contributed by atoms with van der Waals surface area (Å²) in [6, 6.07) is 4.25. The number of phenols is 1. The Morgan fingerprint density at radius 1 is 1.30 bits per heavy atom. The number of benzene rings is 1. The van der Waals surface area contributed by atoms with Crippen molar-refractivity contribution in [2.75, 3.05) is 6.61 Å². The molecule has 0 amide bonds. The van der Waals surface area contributed by atoms with Crippen LogP contribution in [-0.4, -0.2) is 34.4 Å². The van der Waals surface area contributed by atoms with Crippen LogP contribution < -0.4 is 0 Å². The maximum atomic E-state index is 11.0. The number of hydrogen-bond acceptors (Lipinski definition) is 5. The van der Waals surface area contributed by atoms with E-state index in [0.717, 1.165) is 12.8 Å². The lowest BCUT2D eigenvalue weighted by Gasteiger charge is -2.45. The average Bonchev–Trinajstić information content (AvgIpc) is 2.44. The summed E-state index contributed by atoms with van der Waals surface area (Å²) in [6.07, 6.45) is 2.26. The van der Waals surface area contributed by atoms with E-state index < -0.39 is 17.2 Å². The zero-order valence-electron chi connectivity index (χ0n) is 13.6. The van der Waals surface area contributed by atoms with Gasteiger partial charge in [-0.1, -0.05) is 6.07 Å². The largest absolute Gasteiger partial charge is 0.508 e. The molecule has 1 aliphatic rings. The van der Waals surface area contributed by atoms with Crippen molar-refractivity contribution in [1.82, 2.24) is 0 Å². The summed E-state index contributed by atoms with van der Waals surface area (Å²) in [4.78, 5) is 22.0. The number of carboxylic acids is 1. The number of esters is 1. The summed E-state index contributed by atoms with van der Waals surface area (Å²) < 4.78 is 11.3. The Balaban J connectivity index is 2.27. The van der Waals surface area contributed by atoms with Crippen LogP contribution in [0.1, 0.15) is 56.0 Å². The zero-order valence-corrected chi connectivity index (χ0v) is 13.6. The Kier molecular flexibility index (Phi) is 4.66. The number of rotatable bonds is 4. The maximum Gasteiger partial charge on any atom is 0.335 e. The molecule has 0 bridgehead atoms. The molecule has 126 valence electrons. The van der Waals surface area contributed by atoms with Crippen LogP contribution >= 0.6 is 0 Å². The van der Waals surface area contributed by atoms with Crippen molar-refractivity contribution >= 4 is 11.9 Å². The average molecular weight is 322 g/mol. The monoisotopic (exact) mass is 322 g/mol. The van der Waals surface area contributed by atoms with Gasteiger partial charge in [0.05, 0.1) is 11.2 Å². The molecule has 2 rings (SSSR count). The molecular weight excluding hydrogens is 300 g/mol. The molecule has 0 saturated carbocycles. The van der Waals surface area contributed by atoms with Gasteiger partial charge in [0.25, 0.3) is 0 Å². The minimum Gasteiger partial charge on any atom is -0.508 e. The Labute approximate surface area is 135 Å². The van der Waals surface area contributed by atoms with Crippen LogP contribution in [0.3, 0.4) is 0 Å². The molecule has 2 atom stereocenters. The molecule has 0 spiro atoms. The van der Waals surface area contributed by atoms with E-state index in [-0.39, 0.29) is 23.9 Å². The summed E-state index contributed by atoms with van der Waals surface area (Å²) in [5.74, 6) is -1.57. The number of carbonyl (C=O) groups excluding carboxylic acids is 1. The highest BCUT2D eigenvalue weighted by molar-refractivity contribution is 5.88. The predicted octanol–water partition coefficient (Wildman–Crippen LogP) is 2.83. The van der Waals surface area contributed by atoms with E-state index in [1.807, 2.05) is 13.8 Å². The van der Waals surface area contributed by atoms with Crippen LogP contribution in [0.4, 0.5) is 0 Å². The van der Waals surface area contributed by atoms with E-state index in [2.05, 4.69) is 0 Å². The van der Waals surface area contributed by atoms with Crippen LogP contribution in [0.2, 0.25) is 0 Å². The molecular formula is C17H22O6. The summed E-state index contributed by atoms with van der Waals surface area (Å²) in [6.45, 7) is 5.22. The highest BCUT2D eigenvalue weighted by Gasteiger charge is 2.43. The molecule has 23 heavy (non-hydrogen) atoms. The Morgan fingerprint density at radius 2 is 2.00 bits per heavy atom. The molecule has 1 saturated heterocycles. The quantitative estimate of drug-likeness (QED) is 0.828. The second kappa shape index (κ2) is 6.20. The van der Waals surface area contributed by atoms with E-state index in [1.54, 1.807) is 6.07 Å². The second-order valence-electron chi connectivity index (χ2n) is 6.45.